The smallest absolute Gasteiger partial charge is 0.214 e. The molecule has 2 heterocycles. The van der Waals surface area contributed by atoms with E-state index < -0.39 is 10.0 Å². The van der Waals surface area contributed by atoms with Gasteiger partial charge >= 0.3 is 0 Å². The van der Waals surface area contributed by atoms with Gasteiger partial charge in [0.1, 0.15) is 5.84 Å². The largest absolute Gasteiger partial charge is 0.387 e. The standard InChI is InChI=1S/C12H24N4O3S/c13-12(14)8-16-5-3-10(4-6-16)15-20(17,18)9-11-2-1-7-19-11/h10-11,15H,1-9H2,(H3,13,14). The van der Waals surface area contributed by atoms with Crippen LogP contribution < -0.4 is 10.5 Å². The van der Waals surface area contributed by atoms with Crippen molar-refractivity contribution < 1.29 is 13.2 Å². The molecule has 2 rings (SSSR count). The molecule has 0 spiro atoms. The number of nitrogens with zero attached hydrogens (tertiary/aromatic N) is 1. The highest BCUT2D eigenvalue weighted by molar-refractivity contribution is 7.89. The van der Waals surface area contributed by atoms with Crippen LogP contribution >= 0.6 is 0 Å². The van der Waals surface area contributed by atoms with E-state index in [1.54, 1.807) is 0 Å². The van der Waals surface area contributed by atoms with Crippen LogP contribution in [0.15, 0.2) is 0 Å². The summed E-state index contributed by atoms with van der Waals surface area (Å²) in [6, 6.07) is -0.00962. The van der Waals surface area contributed by atoms with E-state index in [4.69, 9.17) is 15.9 Å². The maximum absolute atomic E-state index is 12.1. The van der Waals surface area contributed by atoms with Gasteiger partial charge in [0, 0.05) is 25.7 Å². The minimum absolute atomic E-state index is 0.00962. The van der Waals surface area contributed by atoms with E-state index in [9.17, 15) is 8.42 Å². The zero-order valence-electron chi connectivity index (χ0n) is 11.7. The highest BCUT2D eigenvalue weighted by Crippen LogP contribution is 2.15. The molecule has 2 fully saturated rings. The lowest BCUT2D eigenvalue weighted by atomic mass is 10.1. The molecule has 116 valence electrons. The van der Waals surface area contributed by atoms with Crippen molar-refractivity contribution in [3.63, 3.8) is 0 Å². The van der Waals surface area contributed by atoms with Crippen LogP contribution in [0.5, 0.6) is 0 Å². The second-order valence-corrected chi connectivity index (χ2v) is 7.41. The number of nitrogens with one attached hydrogen (secondary N) is 2. The van der Waals surface area contributed by atoms with Gasteiger partial charge in [0.25, 0.3) is 0 Å². The Bertz CT molecular complexity index is 426. The second-order valence-electron chi connectivity index (χ2n) is 5.61. The van der Waals surface area contributed by atoms with Crippen molar-refractivity contribution in [2.24, 2.45) is 5.73 Å². The summed E-state index contributed by atoms with van der Waals surface area (Å²) in [6.45, 7) is 2.68. The van der Waals surface area contributed by atoms with E-state index in [0.717, 1.165) is 38.8 Å². The number of rotatable bonds is 6. The number of hydrogen-bond acceptors (Lipinski definition) is 5. The normalized spacial score (nSPS) is 25.9. The van der Waals surface area contributed by atoms with Gasteiger partial charge in [-0.1, -0.05) is 0 Å². The van der Waals surface area contributed by atoms with E-state index in [1.165, 1.54) is 0 Å². The van der Waals surface area contributed by atoms with Gasteiger partial charge < -0.3 is 10.5 Å². The molecule has 0 amide bonds. The molecule has 0 aromatic carbocycles. The molecule has 2 aliphatic heterocycles. The zero-order valence-corrected chi connectivity index (χ0v) is 12.5. The number of hydrogen-bond donors (Lipinski definition) is 3. The minimum atomic E-state index is -3.27. The molecular formula is C12H24N4O3S. The first kappa shape index (κ1) is 15.7. The third-order valence-corrected chi connectivity index (χ3v) is 5.26. The Morgan fingerprint density at radius 1 is 1.35 bits per heavy atom. The molecule has 0 bridgehead atoms. The maximum atomic E-state index is 12.1. The van der Waals surface area contributed by atoms with Gasteiger partial charge in [-0.2, -0.15) is 0 Å². The Morgan fingerprint density at radius 2 is 2.05 bits per heavy atom. The van der Waals surface area contributed by atoms with Crippen molar-refractivity contribution in [1.82, 2.24) is 9.62 Å². The summed E-state index contributed by atoms with van der Waals surface area (Å²) in [6.07, 6.45) is 3.16. The van der Waals surface area contributed by atoms with Gasteiger partial charge in [-0.3, -0.25) is 10.3 Å². The molecule has 7 nitrogen and oxygen atoms in total. The lowest BCUT2D eigenvalue weighted by Gasteiger charge is -2.31. The Hall–Kier alpha value is -0.700. The van der Waals surface area contributed by atoms with Gasteiger partial charge in [-0.05, 0) is 25.7 Å². The zero-order chi connectivity index (χ0) is 14.6. The summed E-state index contributed by atoms with van der Waals surface area (Å²) < 4.78 is 32.3. The van der Waals surface area contributed by atoms with Crippen LogP contribution in [0.2, 0.25) is 0 Å². The molecule has 8 heteroatoms. The van der Waals surface area contributed by atoms with Crippen LogP contribution in [-0.4, -0.2) is 63.3 Å². The summed E-state index contributed by atoms with van der Waals surface area (Å²) in [5.41, 5.74) is 5.37. The van der Waals surface area contributed by atoms with Gasteiger partial charge in [-0.25, -0.2) is 13.1 Å². The highest BCUT2D eigenvalue weighted by Gasteiger charge is 2.27. The second kappa shape index (κ2) is 6.84. The fourth-order valence-electron chi connectivity index (χ4n) is 2.77. The SMILES string of the molecule is N=C(N)CN1CCC(NS(=O)(=O)CC2CCCO2)CC1. The molecule has 0 radical (unpaired) electrons. The van der Waals surface area contributed by atoms with E-state index in [-0.39, 0.29) is 23.7 Å². The van der Waals surface area contributed by atoms with Crippen molar-refractivity contribution in [2.75, 3.05) is 32.0 Å². The molecule has 2 aliphatic rings. The fraction of sp³-hybridized carbons (Fsp3) is 0.917. The number of nitrogens with two attached hydrogens (primary N) is 1. The van der Waals surface area contributed by atoms with Crippen molar-refractivity contribution in [2.45, 2.75) is 37.8 Å². The Labute approximate surface area is 120 Å². The van der Waals surface area contributed by atoms with Gasteiger partial charge in [0.15, 0.2) is 0 Å². The fourth-order valence-corrected chi connectivity index (χ4v) is 4.36. The molecule has 1 unspecified atom stereocenters. The molecule has 0 saturated carbocycles. The molecule has 2 saturated heterocycles. The monoisotopic (exact) mass is 304 g/mol. The number of likely N-dealkylation sites (tertiary alicyclic amines) is 1. The summed E-state index contributed by atoms with van der Waals surface area (Å²) in [4.78, 5) is 2.08. The topological polar surface area (TPSA) is 109 Å². The average molecular weight is 304 g/mol. The molecule has 1 atom stereocenters. The van der Waals surface area contributed by atoms with Crippen molar-refractivity contribution >= 4 is 15.9 Å². The summed E-state index contributed by atoms with van der Waals surface area (Å²) >= 11 is 0. The predicted molar refractivity (Wildman–Crippen MR) is 77.3 cm³/mol. The number of amidine groups is 1. The van der Waals surface area contributed by atoms with Crippen molar-refractivity contribution in [3.05, 3.63) is 0 Å². The van der Waals surface area contributed by atoms with Crippen molar-refractivity contribution in [3.8, 4) is 0 Å². The summed E-state index contributed by atoms with van der Waals surface area (Å²) in [5, 5.41) is 7.26. The molecular weight excluding hydrogens is 280 g/mol. The number of piperidine rings is 1. The average Bonchev–Trinajstić information content (AvgIpc) is 2.82. The molecule has 0 aliphatic carbocycles. The van der Waals surface area contributed by atoms with Gasteiger partial charge in [0.2, 0.25) is 10.0 Å². The lowest BCUT2D eigenvalue weighted by molar-refractivity contribution is 0.127. The van der Waals surface area contributed by atoms with Crippen LogP contribution in [-0.2, 0) is 14.8 Å². The third kappa shape index (κ3) is 5.01. The summed E-state index contributed by atoms with van der Waals surface area (Å²) in [5.74, 6) is 0.225. The molecule has 0 aromatic rings. The van der Waals surface area contributed by atoms with E-state index >= 15 is 0 Å². The van der Waals surface area contributed by atoms with E-state index in [1.807, 2.05) is 0 Å². The third-order valence-electron chi connectivity index (χ3n) is 3.76. The van der Waals surface area contributed by atoms with E-state index in [0.29, 0.717) is 13.2 Å². The first-order valence-corrected chi connectivity index (χ1v) is 8.77. The maximum Gasteiger partial charge on any atom is 0.214 e. The number of sulfonamides is 1. The van der Waals surface area contributed by atoms with Gasteiger partial charge in [0.05, 0.1) is 18.4 Å². The quantitative estimate of drug-likeness (QED) is 0.452. The van der Waals surface area contributed by atoms with Crippen LogP contribution in [0, 0.1) is 5.41 Å². The Balaban J connectivity index is 1.75. The Morgan fingerprint density at radius 3 is 2.60 bits per heavy atom. The predicted octanol–water partition coefficient (Wildman–Crippen LogP) is -0.515. The highest BCUT2D eigenvalue weighted by atomic mass is 32.2. The van der Waals surface area contributed by atoms with Crippen molar-refractivity contribution in [1.29, 1.82) is 5.41 Å². The first-order chi connectivity index (χ1) is 9.44. The molecule has 0 aromatic heterocycles. The first-order valence-electron chi connectivity index (χ1n) is 7.11. The van der Waals surface area contributed by atoms with Crippen LogP contribution in [0.3, 0.4) is 0 Å². The van der Waals surface area contributed by atoms with Crippen LogP contribution in [0.25, 0.3) is 0 Å². The van der Waals surface area contributed by atoms with E-state index in [2.05, 4.69) is 9.62 Å². The molecule has 20 heavy (non-hydrogen) atoms. The molecule has 4 N–H and O–H groups in total. The lowest BCUT2D eigenvalue weighted by Crippen LogP contribution is -2.47. The van der Waals surface area contributed by atoms with Crippen LogP contribution in [0.4, 0.5) is 0 Å². The summed E-state index contributed by atoms with van der Waals surface area (Å²) in [7, 11) is -3.27. The number of ether oxygens (including phenoxy) is 1. The minimum Gasteiger partial charge on any atom is -0.387 e. The van der Waals surface area contributed by atoms with Gasteiger partial charge in [-0.15, -0.1) is 0 Å². The van der Waals surface area contributed by atoms with Crippen LogP contribution in [0.1, 0.15) is 25.7 Å². The Kier molecular flexibility index (Phi) is 5.36.